The first-order chi connectivity index (χ1) is 6.77. The maximum atomic E-state index is 5.81. The molecule has 2 unspecified atom stereocenters. The Balaban J connectivity index is 2.39. The minimum atomic E-state index is 0.383. The highest BCUT2D eigenvalue weighted by atomic mass is 16.5. The van der Waals surface area contributed by atoms with Gasteiger partial charge in [0.15, 0.2) is 0 Å². The molecule has 0 aliphatic carbocycles. The lowest BCUT2D eigenvalue weighted by Crippen LogP contribution is -2.51. The Morgan fingerprint density at radius 2 is 2.29 bits per heavy atom. The van der Waals surface area contributed by atoms with Crippen LogP contribution in [0.25, 0.3) is 0 Å². The van der Waals surface area contributed by atoms with Gasteiger partial charge in [-0.1, -0.05) is 20.3 Å². The molecule has 2 atom stereocenters. The van der Waals surface area contributed by atoms with Gasteiger partial charge in [0.25, 0.3) is 0 Å². The van der Waals surface area contributed by atoms with Gasteiger partial charge in [-0.25, -0.2) is 0 Å². The molecule has 0 amide bonds. The van der Waals surface area contributed by atoms with Crippen molar-refractivity contribution in [1.29, 1.82) is 0 Å². The number of ether oxygens (including phenoxy) is 1. The molecule has 1 heterocycles. The molecule has 1 fully saturated rings. The van der Waals surface area contributed by atoms with Crippen molar-refractivity contribution >= 4 is 0 Å². The van der Waals surface area contributed by atoms with Gasteiger partial charge in [-0.3, -0.25) is 0 Å². The van der Waals surface area contributed by atoms with Crippen LogP contribution in [-0.2, 0) is 4.74 Å². The summed E-state index contributed by atoms with van der Waals surface area (Å²) in [4.78, 5) is 2.36. The molecule has 0 aromatic heterocycles. The third-order valence-corrected chi connectivity index (χ3v) is 2.81. The van der Waals surface area contributed by atoms with E-state index in [1.54, 1.807) is 0 Å². The van der Waals surface area contributed by atoms with Gasteiger partial charge >= 0.3 is 0 Å². The fourth-order valence-corrected chi connectivity index (χ4v) is 2.05. The monoisotopic (exact) mass is 200 g/mol. The van der Waals surface area contributed by atoms with Crippen LogP contribution in [0.4, 0.5) is 0 Å². The van der Waals surface area contributed by atoms with E-state index >= 15 is 0 Å². The van der Waals surface area contributed by atoms with Crippen molar-refractivity contribution in [2.45, 2.75) is 38.8 Å². The van der Waals surface area contributed by atoms with Crippen LogP contribution in [0, 0.1) is 0 Å². The summed E-state index contributed by atoms with van der Waals surface area (Å²) >= 11 is 0. The molecule has 0 spiro atoms. The number of likely N-dealkylation sites (N-methyl/N-ethyl adjacent to an activating group) is 2. The van der Waals surface area contributed by atoms with Crippen LogP contribution in [0.5, 0.6) is 0 Å². The summed E-state index contributed by atoms with van der Waals surface area (Å²) in [6.45, 7) is 8.45. The molecule has 1 saturated heterocycles. The molecule has 3 nitrogen and oxygen atoms in total. The second kappa shape index (κ2) is 6.38. The van der Waals surface area contributed by atoms with Crippen molar-refractivity contribution in [1.82, 2.24) is 10.2 Å². The SMILES string of the molecule is CCCC(NCC)C1CN(C)CCO1. The molecule has 0 radical (unpaired) electrons. The number of hydrogen-bond acceptors (Lipinski definition) is 3. The van der Waals surface area contributed by atoms with E-state index in [0.717, 1.165) is 26.2 Å². The number of hydrogen-bond donors (Lipinski definition) is 1. The first kappa shape index (κ1) is 12.0. The summed E-state index contributed by atoms with van der Waals surface area (Å²) in [5.41, 5.74) is 0. The Labute approximate surface area is 87.8 Å². The molecule has 1 N–H and O–H groups in total. The van der Waals surface area contributed by atoms with Gasteiger partial charge in [0, 0.05) is 19.1 Å². The van der Waals surface area contributed by atoms with Crippen LogP contribution >= 0.6 is 0 Å². The average molecular weight is 200 g/mol. The lowest BCUT2D eigenvalue weighted by molar-refractivity contribution is -0.0397. The van der Waals surface area contributed by atoms with Crippen molar-refractivity contribution < 1.29 is 4.74 Å². The third kappa shape index (κ3) is 3.56. The molecule has 0 saturated carbocycles. The van der Waals surface area contributed by atoms with Crippen molar-refractivity contribution in [2.75, 3.05) is 33.3 Å². The molecule has 3 heteroatoms. The molecular formula is C11H24N2O. The predicted molar refractivity (Wildman–Crippen MR) is 59.6 cm³/mol. The number of nitrogens with one attached hydrogen (secondary N) is 1. The highest BCUT2D eigenvalue weighted by Crippen LogP contribution is 2.11. The maximum absolute atomic E-state index is 5.81. The molecular weight excluding hydrogens is 176 g/mol. The molecule has 0 aromatic rings. The minimum Gasteiger partial charge on any atom is -0.374 e. The molecule has 0 bridgehead atoms. The summed E-state index contributed by atoms with van der Waals surface area (Å²) in [6.07, 6.45) is 2.82. The largest absolute Gasteiger partial charge is 0.374 e. The average Bonchev–Trinajstić information content (AvgIpc) is 2.17. The van der Waals surface area contributed by atoms with Gasteiger partial charge in [0.05, 0.1) is 12.7 Å². The Morgan fingerprint density at radius 1 is 1.50 bits per heavy atom. The second-order valence-electron chi connectivity index (χ2n) is 4.12. The summed E-state index contributed by atoms with van der Waals surface area (Å²) in [5, 5.41) is 3.52. The maximum Gasteiger partial charge on any atom is 0.0855 e. The first-order valence-corrected chi connectivity index (χ1v) is 5.81. The van der Waals surface area contributed by atoms with E-state index in [9.17, 15) is 0 Å². The van der Waals surface area contributed by atoms with Crippen molar-refractivity contribution in [3.8, 4) is 0 Å². The van der Waals surface area contributed by atoms with E-state index in [1.807, 2.05) is 0 Å². The normalized spacial score (nSPS) is 26.4. The lowest BCUT2D eigenvalue weighted by atomic mass is 10.0. The Hall–Kier alpha value is -0.120. The van der Waals surface area contributed by atoms with Gasteiger partial charge in [0.1, 0.15) is 0 Å². The fraction of sp³-hybridized carbons (Fsp3) is 1.00. The zero-order valence-electron chi connectivity index (χ0n) is 9.75. The number of nitrogens with zero attached hydrogens (tertiary/aromatic N) is 1. The van der Waals surface area contributed by atoms with Gasteiger partial charge in [-0.05, 0) is 20.0 Å². The van der Waals surface area contributed by atoms with Gasteiger partial charge in [-0.2, -0.15) is 0 Å². The van der Waals surface area contributed by atoms with Crippen LogP contribution in [0.3, 0.4) is 0 Å². The predicted octanol–water partition coefficient (Wildman–Crippen LogP) is 1.10. The zero-order valence-corrected chi connectivity index (χ0v) is 9.75. The van der Waals surface area contributed by atoms with Crippen molar-refractivity contribution in [3.05, 3.63) is 0 Å². The van der Waals surface area contributed by atoms with Crippen molar-refractivity contribution in [2.24, 2.45) is 0 Å². The summed E-state index contributed by atoms with van der Waals surface area (Å²) < 4.78 is 5.81. The fourth-order valence-electron chi connectivity index (χ4n) is 2.05. The highest BCUT2D eigenvalue weighted by Gasteiger charge is 2.25. The van der Waals surface area contributed by atoms with Crippen molar-refractivity contribution in [3.63, 3.8) is 0 Å². The van der Waals surface area contributed by atoms with Crippen LogP contribution in [0.15, 0.2) is 0 Å². The Bertz CT molecular complexity index is 143. The van der Waals surface area contributed by atoms with E-state index in [2.05, 4.69) is 31.1 Å². The second-order valence-corrected chi connectivity index (χ2v) is 4.12. The van der Waals surface area contributed by atoms with E-state index in [4.69, 9.17) is 4.74 Å². The quantitative estimate of drug-likeness (QED) is 0.719. The van der Waals surface area contributed by atoms with E-state index < -0.39 is 0 Å². The van der Waals surface area contributed by atoms with Gasteiger partial charge < -0.3 is 15.0 Å². The molecule has 1 aliphatic rings. The topological polar surface area (TPSA) is 24.5 Å². The van der Waals surface area contributed by atoms with E-state index in [0.29, 0.717) is 12.1 Å². The number of morpholine rings is 1. The van der Waals surface area contributed by atoms with Crippen LogP contribution in [0.2, 0.25) is 0 Å². The molecule has 84 valence electrons. The Morgan fingerprint density at radius 3 is 2.86 bits per heavy atom. The molecule has 14 heavy (non-hydrogen) atoms. The zero-order chi connectivity index (χ0) is 10.4. The standard InChI is InChI=1S/C11H24N2O/c1-4-6-10(12-5-2)11-9-13(3)7-8-14-11/h10-12H,4-9H2,1-3H3. The van der Waals surface area contributed by atoms with Crippen LogP contribution < -0.4 is 5.32 Å². The number of rotatable bonds is 5. The van der Waals surface area contributed by atoms with Gasteiger partial charge in [0.2, 0.25) is 0 Å². The minimum absolute atomic E-state index is 0.383. The first-order valence-electron chi connectivity index (χ1n) is 5.81. The molecule has 1 rings (SSSR count). The van der Waals surface area contributed by atoms with E-state index in [1.165, 1.54) is 12.8 Å². The summed E-state index contributed by atoms with van der Waals surface area (Å²) in [7, 11) is 2.17. The summed E-state index contributed by atoms with van der Waals surface area (Å²) in [5.74, 6) is 0. The van der Waals surface area contributed by atoms with Gasteiger partial charge in [-0.15, -0.1) is 0 Å². The van der Waals surface area contributed by atoms with Crippen LogP contribution in [-0.4, -0.2) is 50.3 Å². The lowest BCUT2D eigenvalue weighted by Gasteiger charge is -2.35. The summed E-state index contributed by atoms with van der Waals surface area (Å²) in [6, 6.07) is 0.535. The smallest absolute Gasteiger partial charge is 0.0855 e. The molecule has 0 aromatic carbocycles. The third-order valence-electron chi connectivity index (χ3n) is 2.81. The Kier molecular flexibility index (Phi) is 5.45. The highest BCUT2D eigenvalue weighted by molar-refractivity contribution is 4.81. The van der Waals surface area contributed by atoms with E-state index in [-0.39, 0.29) is 0 Å². The molecule has 1 aliphatic heterocycles. The van der Waals surface area contributed by atoms with Crippen LogP contribution in [0.1, 0.15) is 26.7 Å².